The number of methoxy groups -OCH3 is 1. The number of carbonyl (C=O) groups excluding carboxylic acids is 1. The van der Waals surface area contributed by atoms with E-state index in [0.29, 0.717) is 22.5 Å². The van der Waals surface area contributed by atoms with Crippen LogP contribution in [0.15, 0.2) is 70.2 Å². The predicted molar refractivity (Wildman–Crippen MR) is 121 cm³/mol. The SMILES string of the molecule is COC(=O)c1ccc(CSc2nnc(COc3c(C)cccc3C)n2-c2ccccc2)o1. The van der Waals surface area contributed by atoms with Crippen molar-refractivity contribution in [3.05, 3.63) is 89.1 Å². The fourth-order valence-electron chi connectivity index (χ4n) is 3.29. The number of aromatic nitrogens is 3. The lowest BCUT2D eigenvalue weighted by atomic mass is 10.1. The van der Waals surface area contributed by atoms with Gasteiger partial charge in [-0.3, -0.25) is 4.57 Å². The van der Waals surface area contributed by atoms with Gasteiger partial charge in [-0.25, -0.2) is 4.79 Å². The van der Waals surface area contributed by atoms with Crippen molar-refractivity contribution in [2.75, 3.05) is 7.11 Å². The van der Waals surface area contributed by atoms with Gasteiger partial charge >= 0.3 is 5.97 Å². The molecule has 7 nitrogen and oxygen atoms in total. The van der Waals surface area contributed by atoms with Crippen LogP contribution in [0, 0.1) is 13.8 Å². The van der Waals surface area contributed by atoms with E-state index in [9.17, 15) is 4.79 Å². The Morgan fingerprint density at radius 1 is 1.00 bits per heavy atom. The Bertz CT molecular complexity index is 1200. The average Bonchev–Trinajstić information content (AvgIpc) is 3.44. The zero-order chi connectivity index (χ0) is 22.5. The summed E-state index contributed by atoms with van der Waals surface area (Å²) in [4.78, 5) is 11.6. The highest BCUT2D eigenvalue weighted by atomic mass is 32.2. The zero-order valence-corrected chi connectivity index (χ0v) is 18.9. The van der Waals surface area contributed by atoms with E-state index in [2.05, 4.69) is 10.2 Å². The Balaban J connectivity index is 1.57. The molecule has 32 heavy (non-hydrogen) atoms. The number of rotatable bonds is 8. The van der Waals surface area contributed by atoms with Gasteiger partial charge in [0.2, 0.25) is 5.76 Å². The summed E-state index contributed by atoms with van der Waals surface area (Å²) in [5, 5.41) is 9.47. The van der Waals surface area contributed by atoms with E-state index in [-0.39, 0.29) is 12.4 Å². The Kier molecular flexibility index (Phi) is 6.61. The van der Waals surface area contributed by atoms with Crippen LogP contribution in [0.3, 0.4) is 0 Å². The minimum atomic E-state index is -0.500. The largest absolute Gasteiger partial charge is 0.485 e. The van der Waals surface area contributed by atoms with E-state index >= 15 is 0 Å². The molecule has 0 aliphatic rings. The van der Waals surface area contributed by atoms with Gasteiger partial charge < -0.3 is 13.9 Å². The first-order valence-electron chi connectivity index (χ1n) is 10.1. The second-order valence-electron chi connectivity index (χ2n) is 7.13. The third kappa shape index (κ3) is 4.70. The summed E-state index contributed by atoms with van der Waals surface area (Å²) in [6, 6.07) is 19.3. The maximum absolute atomic E-state index is 11.6. The molecular formula is C24H23N3O4S. The first-order valence-corrected chi connectivity index (χ1v) is 11.0. The molecule has 4 rings (SSSR count). The topological polar surface area (TPSA) is 79.4 Å². The highest BCUT2D eigenvalue weighted by Gasteiger charge is 2.17. The van der Waals surface area contributed by atoms with Crippen molar-refractivity contribution in [2.24, 2.45) is 0 Å². The smallest absolute Gasteiger partial charge is 0.373 e. The van der Waals surface area contributed by atoms with Gasteiger partial charge in [0.15, 0.2) is 11.0 Å². The molecule has 0 saturated heterocycles. The number of nitrogens with zero attached hydrogens (tertiary/aromatic N) is 3. The lowest BCUT2D eigenvalue weighted by Crippen LogP contribution is -2.07. The van der Waals surface area contributed by atoms with Crippen molar-refractivity contribution < 1.29 is 18.7 Å². The zero-order valence-electron chi connectivity index (χ0n) is 18.1. The van der Waals surface area contributed by atoms with Crippen molar-refractivity contribution in [1.82, 2.24) is 14.8 Å². The number of aryl methyl sites for hydroxylation is 2. The monoisotopic (exact) mass is 449 g/mol. The van der Waals surface area contributed by atoms with Gasteiger partial charge in [-0.1, -0.05) is 48.2 Å². The molecule has 2 aromatic heterocycles. The normalized spacial score (nSPS) is 10.8. The number of para-hydroxylation sites is 2. The van der Waals surface area contributed by atoms with Gasteiger partial charge in [0.05, 0.1) is 12.9 Å². The van der Waals surface area contributed by atoms with Gasteiger partial charge in [0.25, 0.3) is 0 Å². The van der Waals surface area contributed by atoms with Crippen LogP contribution < -0.4 is 4.74 Å². The molecule has 0 amide bonds. The first-order chi connectivity index (χ1) is 15.6. The summed E-state index contributed by atoms with van der Waals surface area (Å²) < 4.78 is 18.4. The molecule has 0 spiro atoms. The van der Waals surface area contributed by atoms with Crippen LogP contribution in [0.25, 0.3) is 5.69 Å². The lowest BCUT2D eigenvalue weighted by molar-refractivity contribution is 0.0563. The van der Waals surface area contributed by atoms with Crippen molar-refractivity contribution in [2.45, 2.75) is 31.4 Å². The second kappa shape index (κ2) is 9.74. The maximum Gasteiger partial charge on any atom is 0.373 e. The van der Waals surface area contributed by atoms with Crippen LogP contribution in [-0.2, 0) is 17.1 Å². The summed E-state index contributed by atoms with van der Waals surface area (Å²) >= 11 is 1.46. The van der Waals surface area contributed by atoms with Crippen molar-refractivity contribution in [3.8, 4) is 11.4 Å². The number of thioether (sulfide) groups is 1. The lowest BCUT2D eigenvalue weighted by Gasteiger charge is -2.13. The first kappa shape index (κ1) is 21.7. The summed E-state index contributed by atoms with van der Waals surface area (Å²) in [5.74, 6) is 2.35. The number of esters is 1. The molecule has 4 aromatic rings. The molecule has 0 atom stereocenters. The molecule has 2 heterocycles. The molecule has 0 saturated carbocycles. The molecule has 0 fully saturated rings. The summed E-state index contributed by atoms with van der Waals surface area (Å²) in [6.07, 6.45) is 0. The van der Waals surface area contributed by atoms with Crippen molar-refractivity contribution in [3.63, 3.8) is 0 Å². The van der Waals surface area contributed by atoms with Gasteiger partial charge in [0.1, 0.15) is 18.1 Å². The van der Waals surface area contributed by atoms with Crippen LogP contribution in [0.4, 0.5) is 0 Å². The fraction of sp³-hybridized carbons (Fsp3) is 0.208. The molecular weight excluding hydrogens is 426 g/mol. The van der Waals surface area contributed by atoms with Crippen LogP contribution in [0.5, 0.6) is 5.75 Å². The summed E-state index contributed by atoms with van der Waals surface area (Å²) in [7, 11) is 1.32. The molecule has 164 valence electrons. The molecule has 0 N–H and O–H groups in total. The average molecular weight is 450 g/mol. The fourth-order valence-corrected chi connectivity index (χ4v) is 4.15. The third-order valence-electron chi connectivity index (χ3n) is 4.86. The number of ether oxygens (including phenoxy) is 2. The van der Waals surface area contributed by atoms with Gasteiger partial charge in [-0.05, 0) is 49.2 Å². The van der Waals surface area contributed by atoms with Crippen LogP contribution in [0.2, 0.25) is 0 Å². The van der Waals surface area contributed by atoms with E-state index in [1.165, 1.54) is 18.9 Å². The quantitative estimate of drug-likeness (QED) is 0.272. The Morgan fingerprint density at radius 2 is 1.75 bits per heavy atom. The summed E-state index contributed by atoms with van der Waals surface area (Å²) in [6.45, 7) is 4.33. The standard InChI is InChI=1S/C24H23N3O4S/c1-16-8-7-9-17(2)22(16)30-14-21-25-26-24(27(21)18-10-5-4-6-11-18)32-15-19-12-13-20(31-19)23(28)29-3/h4-13H,14-15H2,1-3H3. The number of carbonyl (C=O) groups is 1. The molecule has 0 aliphatic heterocycles. The second-order valence-corrected chi connectivity index (χ2v) is 8.07. The van der Waals surface area contributed by atoms with Crippen LogP contribution in [-0.4, -0.2) is 27.8 Å². The van der Waals surface area contributed by atoms with Crippen LogP contribution in [0.1, 0.15) is 33.3 Å². The van der Waals surface area contributed by atoms with Gasteiger partial charge in [-0.15, -0.1) is 10.2 Å². The Morgan fingerprint density at radius 3 is 2.47 bits per heavy atom. The van der Waals surface area contributed by atoms with Crippen molar-refractivity contribution in [1.29, 1.82) is 0 Å². The molecule has 0 unspecified atom stereocenters. The minimum absolute atomic E-state index is 0.176. The maximum atomic E-state index is 11.6. The van der Waals surface area contributed by atoms with E-state index in [1.54, 1.807) is 12.1 Å². The van der Waals surface area contributed by atoms with E-state index < -0.39 is 5.97 Å². The minimum Gasteiger partial charge on any atom is -0.485 e. The Labute approximate surface area is 190 Å². The molecule has 0 radical (unpaired) electrons. The third-order valence-corrected chi connectivity index (χ3v) is 5.81. The van der Waals surface area contributed by atoms with Crippen molar-refractivity contribution >= 4 is 17.7 Å². The van der Waals surface area contributed by atoms with Gasteiger partial charge in [-0.2, -0.15) is 0 Å². The highest BCUT2D eigenvalue weighted by Crippen LogP contribution is 2.28. The number of furan rings is 1. The summed E-state index contributed by atoms with van der Waals surface area (Å²) in [5.41, 5.74) is 3.09. The molecule has 2 aromatic carbocycles. The number of hydrogen-bond acceptors (Lipinski definition) is 7. The van der Waals surface area contributed by atoms with Crippen LogP contribution >= 0.6 is 11.8 Å². The molecule has 0 bridgehead atoms. The van der Waals surface area contributed by atoms with E-state index in [1.807, 2.05) is 66.9 Å². The number of hydrogen-bond donors (Lipinski definition) is 0. The van der Waals surface area contributed by atoms with E-state index in [4.69, 9.17) is 13.9 Å². The molecule has 0 aliphatic carbocycles. The van der Waals surface area contributed by atoms with Gasteiger partial charge in [0, 0.05) is 5.69 Å². The predicted octanol–water partition coefficient (Wildman–Crippen LogP) is 5.14. The van der Waals surface area contributed by atoms with E-state index in [0.717, 1.165) is 22.6 Å². The Hall–Kier alpha value is -3.52. The highest BCUT2D eigenvalue weighted by molar-refractivity contribution is 7.98. The molecule has 8 heteroatoms. The number of benzene rings is 2.